The minimum atomic E-state index is -0.685. The standard InChI is InChI=1S/C15H23FN2O2/c1-11-9-15(13(12(2)20)10-14(11)16)18-5-3-17(4-6-18)7-8-19/h9-10,12,19-20H,3-8H2,1-2H3/t12-/m0/s1. The molecule has 1 saturated heterocycles. The second kappa shape index (κ2) is 6.52. The van der Waals surface area contributed by atoms with Gasteiger partial charge < -0.3 is 15.1 Å². The Morgan fingerprint density at radius 2 is 1.90 bits per heavy atom. The number of aliphatic hydroxyl groups is 2. The van der Waals surface area contributed by atoms with Gasteiger partial charge in [0.15, 0.2) is 0 Å². The normalized spacial score (nSPS) is 18.4. The van der Waals surface area contributed by atoms with Crippen LogP contribution >= 0.6 is 0 Å². The molecule has 1 heterocycles. The van der Waals surface area contributed by atoms with Crippen LogP contribution in [0.15, 0.2) is 12.1 Å². The van der Waals surface area contributed by atoms with Crippen molar-refractivity contribution in [1.82, 2.24) is 4.90 Å². The molecular formula is C15H23FN2O2. The molecule has 0 spiro atoms. The summed E-state index contributed by atoms with van der Waals surface area (Å²) >= 11 is 0. The van der Waals surface area contributed by atoms with E-state index in [1.165, 1.54) is 6.07 Å². The van der Waals surface area contributed by atoms with Gasteiger partial charge in [0.05, 0.1) is 12.7 Å². The summed E-state index contributed by atoms with van der Waals surface area (Å²) in [5, 5.41) is 18.8. The van der Waals surface area contributed by atoms with Crippen molar-refractivity contribution in [2.24, 2.45) is 0 Å². The van der Waals surface area contributed by atoms with Crippen molar-refractivity contribution in [3.8, 4) is 0 Å². The summed E-state index contributed by atoms with van der Waals surface area (Å²) in [5.41, 5.74) is 2.16. The van der Waals surface area contributed by atoms with Gasteiger partial charge in [-0.25, -0.2) is 4.39 Å². The molecule has 1 aromatic carbocycles. The molecule has 0 bridgehead atoms. The Hall–Kier alpha value is -1.17. The van der Waals surface area contributed by atoms with Crippen LogP contribution in [0.1, 0.15) is 24.2 Å². The van der Waals surface area contributed by atoms with Crippen LogP contribution in [0.25, 0.3) is 0 Å². The molecule has 1 atom stereocenters. The molecule has 4 nitrogen and oxygen atoms in total. The van der Waals surface area contributed by atoms with E-state index in [1.54, 1.807) is 13.8 Å². The van der Waals surface area contributed by atoms with Gasteiger partial charge in [-0.05, 0) is 31.5 Å². The maximum atomic E-state index is 13.7. The van der Waals surface area contributed by atoms with Crippen molar-refractivity contribution in [3.63, 3.8) is 0 Å². The van der Waals surface area contributed by atoms with Crippen LogP contribution in [0.3, 0.4) is 0 Å². The van der Waals surface area contributed by atoms with Gasteiger partial charge in [0.2, 0.25) is 0 Å². The van der Waals surface area contributed by atoms with Crippen LogP contribution in [0.5, 0.6) is 0 Å². The number of aliphatic hydroxyl groups excluding tert-OH is 2. The highest BCUT2D eigenvalue weighted by atomic mass is 19.1. The van der Waals surface area contributed by atoms with Gasteiger partial charge in [0.25, 0.3) is 0 Å². The zero-order valence-corrected chi connectivity index (χ0v) is 12.1. The summed E-state index contributed by atoms with van der Waals surface area (Å²) in [4.78, 5) is 4.39. The van der Waals surface area contributed by atoms with Crippen LogP contribution in [0.4, 0.5) is 10.1 Å². The molecule has 0 unspecified atom stereocenters. The highest BCUT2D eigenvalue weighted by Gasteiger charge is 2.21. The van der Waals surface area contributed by atoms with Gasteiger partial charge in [-0.1, -0.05) is 0 Å². The first-order valence-corrected chi connectivity index (χ1v) is 7.09. The molecule has 0 radical (unpaired) electrons. The lowest BCUT2D eigenvalue weighted by Crippen LogP contribution is -2.47. The predicted molar refractivity (Wildman–Crippen MR) is 77.5 cm³/mol. The van der Waals surface area contributed by atoms with Crippen LogP contribution in [-0.2, 0) is 0 Å². The molecule has 1 aliphatic rings. The lowest BCUT2D eigenvalue weighted by atomic mass is 10.0. The molecule has 1 aliphatic heterocycles. The predicted octanol–water partition coefficient (Wildman–Crippen LogP) is 1.30. The Labute approximate surface area is 119 Å². The Kier molecular flexibility index (Phi) is 4.96. The molecule has 0 aliphatic carbocycles. The fourth-order valence-corrected chi connectivity index (χ4v) is 2.64. The number of anilines is 1. The summed E-state index contributed by atoms with van der Waals surface area (Å²) in [6.45, 7) is 7.67. The fourth-order valence-electron chi connectivity index (χ4n) is 2.64. The zero-order chi connectivity index (χ0) is 14.7. The molecule has 5 heteroatoms. The molecule has 2 rings (SSSR count). The number of nitrogens with zero attached hydrogens (tertiary/aromatic N) is 2. The van der Waals surface area contributed by atoms with Gasteiger partial charge in [-0.2, -0.15) is 0 Å². The number of piperazine rings is 1. The van der Waals surface area contributed by atoms with Crippen molar-refractivity contribution in [3.05, 3.63) is 29.1 Å². The number of hydrogen-bond donors (Lipinski definition) is 2. The third-order valence-corrected chi connectivity index (χ3v) is 3.89. The van der Waals surface area contributed by atoms with Gasteiger partial charge in [-0.15, -0.1) is 0 Å². The molecule has 0 saturated carbocycles. The smallest absolute Gasteiger partial charge is 0.126 e. The van der Waals surface area contributed by atoms with Gasteiger partial charge in [0, 0.05) is 44.0 Å². The molecule has 20 heavy (non-hydrogen) atoms. The molecule has 2 N–H and O–H groups in total. The number of hydrogen-bond acceptors (Lipinski definition) is 4. The second-order valence-corrected chi connectivity index (χ2v) is 5.39. The number of β-amino-alcohol motifs (C(OH)–C–C–N with tert-alkyl or cyclic N) is 1. The number of aryl methyl sites for hydroxylation is 1. The van der Waals surface area contributed by atoms with E-state index in [0.717, 1.165) is 31.9 Å². The number of benzene rings is 1. The fraction of sp³-hybridized carbons (Fsp3) is 0.600. The summed E-state index contributed by atoms with van der Waals surface area (Å²) in [7, 11) is 0. The van der Waals surface area contributed by atoms with Crippen molar-refractivity contribution in [1.29, 1.82) is 0 Å². The van der Waals surface area contributed by atoms with E-state index >= 15 is 0 Å². The van der Waals surface area contributed by atoms with Crippen LogP contribution < -0.4 is 4.90 Å². The van der Waals surface area contributed by atoms with Crippen molar-refractivity contribution < 1.29 is 14.6 Å². The zero-order valence-electron chi connectivity index (χ0n) is 12.1. The SMILES string of the molecule is Cc1cc(N2CCN(CCO)CC2)c([C@H](C)O)cc1F. The lowest BCUT2D eigenvalue weighted by molar-refractivity contribution is 0.186. The Morgan fingerprint density at radius 1 is 1.25 bits per heavy atom. The minimum Gasteiger partial charge on any atom is -0.395 e. The summed E-state index contributed by atoms with van der Waals surface area (Å²) in [6, 6.07) is 3.26. The van der Waals surface area contributed by atoms with E-state index in [2.05, 4.69) is 9.80 Å². The molecule has 0 amide bonds. The maximum absolute atomic E-state index is 13.7. The molecule has 1 fully saturated rings. The quantitative estimate of drug-likeness (QED) is 0.874. The van der Waals surface area contributed by atoms with E-state index in [0.29, 0.717) is 17.7 Å². The maximum Gasteiger partial charge on any atom is 0.126 e. The molecule has 0 aromatic heterocycles. The van der Waals surface area contributed by atoms with E-state index in [4.69, 9.17) is 5.11 Å². The van der Waals surface area contributed by atoms with Crippen molar-refractivity contribution in [2.75, 3.05) is 44.2 Å². The van der Waals surface area contributed by atoms with E-state index in [9.17, 15) is 9.50 Å². The first-order chi connectivity index (χ1) is 9.52. The minimum absolute atomic E-state index is 0.175. The van der Waals surface area contributed by atoms with Crippen molar-refractivity contribution >= 4 is 5.69 Å². The number of halogens is 1. The largest absolute Gasteiger partial charge is 0.395 e. The highest BCUT2D eigenvalue weighted by Crippen LogP contribution is 2.30. The lowest BCUT2D eigenvalue weighted by Gasteiger charge is -2.37. The van der Waals surface area contributed by atoms with Gasteiger partial charge in [-0.3, -0.25) is 4.90 Å². The van der Waals surface area contributed by atoms with Crippen LogP contribution in [-0.4, -0.2) is 54.4 Å². The van der Waals surface area contributed by atoms with Gasteiger partial charge >= 0.3 is 0 Å². The summed E-state index contributed by atoms with van der Waals surface area (Å²) < 4.78 is 13.7. The van der Waals surface area contributed by atoms with Crippen LogP contribution in [0.2, 0.25) is 0 Å². The van der Waals surface area contributed by atoms with Crippen molar-refractivity contribution in [2.45, 2.75) is 20.0 Å². The van der Waals surface area contributed by atoms with Gasteiger partial charge in [0.1, 0.15) is 5.82 Å². The molecular weight excluding hydrogens is 259 g/mol. The monoisotopic (exact) mass is 282 g/mol. The summed E-state index contributed by atoms with van der Waals surface area (Å²) in [5.74, 6) is -0.274. The van der Waals surface area contributed by atoms with E-state index < -0.39 is 6.10 Å². The third kappa shape index (κ3) is 3.29. The average Bonchev–Trinajstić information content (AvgIpc) is 2.42. The summed E-state index contributed by atoms with van der Waals surface area (Å²) in [6.07, 6.45) is -0.685. The topological polar surface area (TPSA) is 46.9 Å². The first-order valence-electron chi connectivity index (χ1n) is 7.09. The Balaban J connectivity index is 2.18. The van der Waals surface area contributed by atoms with Crippen LogP contribution in [0, 0.1) is 12.7 Å². The first kappa shape index (κ1) is 15.2. The van der Waals surface area contributed by atoms with E-state index in [1.807, 2.05) is 6.07 Å². The Bertz CT molecular complexity index is 457. The Morgan fingerprint density at radius 3 is 2.45 bits per heavy atom. The third-order valence-electron chi connectivity index (χ3n) is 3.89. The van der Waals surface area contributed by atoms with E-state index in [-0.39, 0.29) is 12.4 Å². The average molecular weight is 282 g/mol. The second-order valence-electron chi connectivity index (χ2n) is 5.39. The molecule has 1 aromatic rings. The number of rotatable bonds is 4. The molecule has 112 valence electrons. The highest BCUT2D eigenvalue weighted by molar-refractivity contribution is 5.57.